The van der Waals surface area contributed by atoms with Crippen LogP contribution in [-0.4, -0.2) is 11.4 Å². The van der Waals surface area contributed by atoms with Crippen LogP contribution in [-0.2, 0) is 11.0 Å². The Hall–Kier alpha value is -1.30. The summed E-state index contributed by atoms with van der Waals surface area (Å²) in [5, 5.41) is 1.66. The van der Waals surface area contributed by atoms with E-state index in [1.54, 1.807) is 0 Å². The molecule has 1 aromatic rings. The summed E-state index contributed by atoms with van der Waals surface area (Å²) in [4.78, 5) is 13.4. The molecule has 0 atom stereocenters. The second-order valence-corrected chi connectivity index (χ2v) is 2.71. The molecule has 0 saturated heterocycles. The molecule has 1 amide bonds. The van der Waals surface area contributed by atoms with Gasteiger partial charge in [-0.1, -0.05) is 11.6 Å². The summed E-state index contributed by atoms with van der Waals surface area (Å²) in [6.07, 6.45) is -4.29. The Labute approximate surface area is 81.9 Å². The monoisotopic (exact) mass is 224 g/mol. The van der Waals surface area contributed by atoms with E-state index in [0.717, 1.165) is 0 Å². The number of alkyl halides is 3. The number of pyridine rings is 1. The van der Waals surface area contributed by atoms with Gasteiger partial charge in [0.05, 0.1) is 5.56 Å². The maximum Gasteiger partial charge on any atom is 0.416 e. The van der Waals surface area contributed by atoms with Crippen molar-refractivity contribution in [1.29, 1.82) is 0 Å². The number of rotatable bonds is 2. The Bertz CT molecular complexity index is 353. The van der Waals surface area contributed by atoms with E-state index in [4.69, 9.17) is 11.6 Å². The molecule has 0 aliphatic carbocycles. The molecule has 1 N–H and O–H groups in total. The summed E-state index contributed by atoms with van der Waals surface area (Å²) in [7, 11) is 0. The Morgan fingerprint density at radius 1 is 1.43 bits per heavy atom. The van der Waals surface area contributed by atoms with E-state index in [0.29, 0.717) is 12.1 Å². The second kappa shape index (κ2) is 3.83. The maximum absolute atomic E-state index is 12.2. The van der Waals surface area contributed by atoms with Crippen molar-refractivity contribution in [3.05, 3.63) is 22.8 Å². The second-order valence-electron chi connectivity index (χ2n) is 2.32. The quantitative estimate of drug-likeness (QED) is 0.619. The molecule has 0 radical (unpaired) electrons. The maximum atomic E-state index is 12.2. The number of aromatic nitrogens is 1. The molecular formula is C7H4ClF3N2O. The minimum atomic E-state index is -4.51. The van der Waals surface area contributed by atoms with Crippen LogP contribution in [0.1, 0.15) is 5.56 Å². The minimum Gasteiger partial charge on any atom is -0.313 e. The molecule has 1 aromatic heterocycles. The van der Waals surface area contributed by atoms with Crippen molar-refractivity contribution in [3.8, 4) is 0 Å². The summed E-state index contributed by atoms with van der Waals surface area (Å²) in [6.45, 7) is 0. The van der Waals surface area contributed by atoms with Crippen LogP contribution in [0.2, 0.25) is 5.15 Å². The largest absolute Gasteiger partial charge is 0.416 e. The average molecular weight is 225 g/mol. The number of nitrogens with one attached hydrogen (secondary N) is 1. The van der Waals surface area contributed by atoms with Crippen LogP contribution in [0.5, 0.6) is 0 Å². The fraction of sp³-hybridized carbons (Fsp3) is 0.143. The highest BCUT2D eigenvalue weighted by molar-refractivity contribution is 6.29. The van der Waals surface area contributed by atoms with E-state index in [2.05, 4.69) is 4.98 Å². The number of halogens is 4. The highest BCUT2D eigenvalue weighted by atomic mass is 35.5. The Balaban J connectivity index is 3.13. The average Bonchev–Trinajstić information content (AvgIpc) is 2.02. The normalized spacial score (nSPS) is 11.1. The molecule has 0 bridgehead atoms. The summed E-state index contributed by atoms with van der Waals surface area (Å²) < 4.78 is 36.6. The first-order valence-electron chi connectivity index (χ1n) is 3.38. The molecule has 76 valence electrons. The fourth-order valence-electron chi connectivity index (χ4n) is 0.795. The van der Waals surface area contributed by atoms with Crippen LogP contribution in [0.15, 0.2) is 12.1 Å². The number of nitrogens with zero attached hydrogens (tertiary/aromatic N) is 1. The van der Waals surface area contributed by atoms with Gasteiger partial charge in [0.15, 0.2) is 0 Å². The van der Waals surface area contributed by atoms with Crippen molar-refractivity contribution in [1.82, 2.24) is 4.98 Å². The third-order valence-corrected chi connectivity index (χ3v) is 1.52. The number of carbonyl (C=O) groups is 1. The number of carbonyl (C=O) groups excluding carboxylic acids is 1. The van der Waals surface area contributed by atoms with Crippen LogP contribution in [0, 0.1) is 0 Å². The lowest BCUT2D eigenvalue weighted by Gasteiger charge is -2.08. The third-order valence-electron chi connectivity index (χ3n) is 1.33. The zero-order chi connectivity index (χ0) is 10.8. The predicted molar refractivity (Wildman–Crippen MR) is 43.9 cm³/mol. The van der Waals surface area contributed by atoms with Gasteiger partial charge in [-0.2, -0.15) is 13.2 Å². The molecule has 0 saturated carbocycles. The Kier molecular flexibility index (Phi) is 2.95. The van der Waals surface area contributed by atoms with Crippen molar-refractivity contribution in [2.45, 2.75) is 6.18 Å². The van der Waals surface area contributed by atoms with Gasteiger partial charge in [-0.05, 0) is 12.1 Å². The molecule has 0 aliphatic rings. The number of hydrogen-bond donors (Lipinski definition) is 1. The van der Waals surface area contributed by atoms with Gasteiger partial charge >= 0.3 is 6.18 Å². The van der Waals surface area contributed by atoms with Gasteiger partial charge in [0, 0.05) is 0 Å². The summed E-state index contributed by atoms with van der Waals surface area (Å²) in [5.41, 5.74) is -0.957. The van der Waals surface area contributed by atoms with E-state index in [-0.39, 0.29) is 17.4 Å². The number of anilines is 1. The first-order chi connectivity index (χ1) is 6.43. The minimum absolute atomic E-state index is 0.221. The summed E-state index contributed by atoms with van der Waals surface area (Å²) >= 11 is 5.32. The van der Waals surface area contributed by atoms with Gasteiger partial charge in [-0.3, -0.25) is 4.79 Å². The van der Waals surface area contributed by atoms with Crippen molar-refractivity contribution in [2.75, 3.05) is 5.32 Å². The van der Waals surface area contributed by atoms with Crippen molar-refractivity contribution < 1.29 is 18.0 Å². The first kappa shape index (κ1) is 10.8. The highest BCUT2D eigenvalue weighted by Crippen LogP contribution is 2.31. The standard InChI is InChI=1S/C7H4ClF3N2O/c8-5-1-4(7(9,10)11)2-6(13-5)12-3-14/h1-3H,(H,12,13,14). The topological polar surface area (TPSA) is 42.0 Å². The van der Waals surface area contributed by atoms with Crippen LogP contribution in [0.4, 0.5) is 19.0 Å². The van der Waals surface area contributed by atoms with Crippen molar-refractivity contribution in [3.63, 3.8) is 0 Å². The van der Waals surface area contributed by atoms with Gasteiger partial charge in [0.25, 0.3) is 0 Å². The molecule has 1 rings (SSSR count). The zero-order valence-corrected chi connectivity index (χ0v) is 7.36. The lowest BCUT2D eigenvalue weighted by molar-refractivity contribution is -0.137. The number of hydrogen-bond acceptors (Lipinski definition) is 2. The van der Waals surface area contributed by atoms with E-state index in [1.807, 2.05) is 5.32 Å². The Morgan fingerprint density at radius 2 is 2.07 bits per heavy atom. The fourth-order valence-corrected chi connectivity index (χ4v) is 1.00. The first-order valence-corrected chi connectivity index (χ1v) is 3.76. The van der Waals surface area contributed by atoms with Gasteiger partial charge in [0.1, 0.15) is 11.0 Å². The molecule has 7 heteroatoms. The lowest BCUT2D eigenvalue weighted by atomic mass is 10.2. The van der Waals surface area contributed by atoms with Crippen LogP contribution in [0.3, 0.4) is 0 Å². The van der Waals surface area contributed by atoms with E-state index in [1.165, 1.54) is 0 Å². The van der Waals surface area contributed by atoms with Gasteiger partial charge in [-0.25, -0.2) is 4.98 Å². The molecular weight excluding hydrogens is 221 g/mol. The third kappa shape index (κ3) is 2.59. The van der Waals surface area contributed by atoms with Gasteiger partial charge < -0.3 is 5.32 Å². The van der Waals surface area contributed by atoms with Crippen LogP contribution >= 0.6 is 11.6 Å². The molecule has 1 heterocycles. The molecule has 3 nitrogen and oxygen atoms in total. The predicted octanol–water partition coefficient (Wildman–Crippen LogP) is 2.32. The van der Waals surface area contributed by atoms with Crippen molar-refractivity contribution in [2.24, 2.45) is 0 Å². The zero-order valence-electron chi connectivity index (χ0n) is 6.60. The molecule has 0 aromatic carbocycles. The van der Waals surface area contributed by atoms with E-state index >= 15 is 0 Å². The SMILES string of the molecule is O=CNc1cc(C(F)(F)F)cc(Cl)n1. The van der Waals surface area contributed by atoms with E-state index in [9.17, 15) is 18.0 Å². The lowest BCUT2D eigenvalue weighted by Crippen LogP contribution is -2.07. The van der Waals surface area contributed by atoms with Crippen LogP contribution < -0.4 is 5.32 Å². The van der Waals surface area contributed by atoms with Crippen LogP contribution in [0.25, 0.3) is 0 Å². The summed E-state index contributed by atoms with van der Waals surface area (Å²) in [6, 6.07) is 1.37. The number of amides is 1. The molecule has 0 unspecified atom stereocenters. The molecule has 14 heavy (non-hydrogen) atoms. The van der Waals surface area contributed by atoms with Gasteiger partial charge in [-0.15, -0.1) is 0 Å². The molecule has 0 spiro atoms. The van der Waals surface area contributed by atoms with E-state index < -0.39 is 11.7 Å². The van der Waals surface area contributed by atoms with Crippen molar-refractivity contribution >= 4 is 23.8 Å². The Morgan fingerprint density at radius 3 is 2.57 bits per heavy atom. The van der Waals surface area contributed by atoms with Gasteiger partial charge in [0.2, 0.25) is 6.41 Å². The molecule has 0 aliphatic heterocycles. The molecule has 0 fully saturated rings. The smallest absolute Gasteiger partial charge is 0.313 e. The highest BCUT2D eigenvalue weighted by Gasteiger charge is 2.31. The summed E-state index contributed by atoms with van der Waals surface area (Å²) in [5.74, 6) is -0.236.